The lowest BCUT2D eigenvalue weighted by Crippen LogP contribution is -2.24. The molecule has 0 spiro atoms. The summed E-state index contributed by atoms with van der Waals surface area (Å²) in [4.78, 5) is 4.92. The highest BCUT2D eigenvalue weighted by Crippen LogP contribution is 2.55. The minimum absolute atomic E-state index is 0.0133. The lowest BCUT2D eigenvalue weighted by molar-refractivity contribution is 0.394. The van der Waals surface area contributed by atoms with Gasteiger partial charge in [0.25, 0.3) is 0 Å². The van der Waals surface area contributed by atoms with Crippen molar-refractivity contribution in [3.8, 4) is 33.4 Å². The standard InChI is InChI=1S/C76H58N2/c1-75(2)70-25-15-13-22-63(70)65-43-38-58(47-72(65)75)77(54-32-27-51(28-33-54)49-17-7-5-8-18-49)56-36-41-60-53(45-56)31-40-68-62-42-37-57(46-69(62)61-21-11-12-24-67(61)74(60)68)78(55-34-29-52(30-35-55)50-19-9-6-10-20-50)59-39-44-66-64-23-14-16-26-71(64)76(3,4)73(66)48-59/h5-48,64,71H,1-4H3. The predicted octanol–water partition coefficient (Wildman–Crippen LogP) is 21.0. The summed E-state index contributed by atoms with van der Waals surface area (Å²) in [5.41, 5.74) is 19.8. The van der Waals surface area contributed by atoms with E-state index >= 15 is 0 Å². The van der Waals surface area contributed by atoms with Crippen LogP contribution in [0.1, 0.15) is 55.9 Å². The molecule has 3 aliphatic carbocycles. The van der Waals surface area contributed by atoms with Crippen molar-refractivity contribution in [2.24, 2.45) is 5.92 Å². The average molecular weight is 999 g/mol. The molecule has 0 N–H and O–H groups in total. The van der Waals surface area contributed by atoms with Gasteiger partial charge < -0.3 is 9.80 Å². The second-order valence-corrected chi connectivity index (χ2v) is 22.9. The van der Waals surface area contributed by atoms with Crippen LogP contribution in [0.2, 0.25) is 0 Å². The summed E-state index contributed by atoms with van der Waals surface area (Å²) in [5, 5.41) is 9.98. The van der Waals surface area contributed by atoms with Crippen LogP contribution >= 0.6 is 0 Å². The smallest absolute Gasteiger partial charge is 0.0468 e. The molecule has 0 aliphatic heterocycles. The molecular weight excluding hydrogens is 941 g/mol. The molecule has 3 aliphatic rings. The van der Waals surface area contributed by atoms with Crippen LogP contribution in [0, 0.1) is 5.92 Å². The molecule has 2 heteroatoms. The number of allylic oxidation sites excluding steroid dienone is 4. The monoisotopic (exact) mass is 998 g/mol. The van der Waals surface area contributed by atoms with Gasteiger partial charge >= 0.3 is 0 Å². The molecule has 2 unspecified atom stereocenters. The van der Waals surface area contributed by atoms with Crippen molar-refractivity contribution in [1.29, 1.82) is 0 Å². The second-order valence-electron chi connectivity index (χ2n) is 22.9. The van der Waals surface area contributed by atoms with Gasteiger partial charge in [0.15, 0.2) is 0 Å². The molecule has 0 saturated carbocycles. The number of nitrogens with zero attached hydrogens (tertiary/aromatic N) is 2. The van der Waals surface area contributed by atoms with E-state index in [2.05, 4.69) is 304 Å². The molecule has 0 bridgehead atoms. The Hall–Kier alpha value is -9.24. The Bertz CT molecular complexity index is 4410. The SMILES string of the molecule is CC1(C)c2ccccc2-c2ccc(N(c3ccc(-c4ccccc4)cc3)c3ccc4c(ccc5c6ccc(N(c7ccc(-c8ccccc8)cc7)c7ccc8c(c7)C(C)(C)C7C=CC=CC87)cc6c6ccccc6c45)c3)cc21. The first kappa shape index (κ1) is 46.1. The van der Waals surface area contributed by atoms with Crippen molar-refractivity contribution < 1.29 is 0 Å². The normalized spacial score (nSPS) is 16.3. The van der Waals surface area contributed by atoms with Gasteiger partial charge in [0.1, 0.15) is 0 Å². The van der Waals surface area contributed by atoms with E-state index < -0.39 is 0 Å². The van der Waals surface area contributed by atoms with Crippen LogP contribution in [0.3, 0.4) is 0 Å². The van der Waals surface area contributed by atoms with Crippen LogP contribution in [-0.2, 0) is 10.8 Å². The van der Waals surface area contributed by atoms with Gasteiger partial charge in [-0.1, -0.05) is 222 Å². The molecule has 15 rings (SSSR count). The topological polar surface area (TPSA) is 6.48 Å². The zero-order chi connectivity index (χ0) is 52.3. The molecule has 0 fully saturated rings. The zero-order valence-electron chi connectivity index (χ0n) is 44.5. The highest BCUT2D eigenvalue weighted by Gasteiger charge is 2.45. The molecule has 0 heterocycles. The van der Waals surface area contributed by atoms with Gasteiger partial charge in [0.2, 0.25) is 0 Å². The second kappa shape index (κ2) is 17.7. The van der Waals surface area contributed by atoms with Gasteiger partial charge in [0.05, 0.1) is 0 Å². The van der Waals surface area contributed by atoms with E-state index in [4.69, 9.17) is 0 Å². The number of fused-ring (bicyclic) bond motifs is 14. The van der Waals surface area contributed by atoms with Crippen LogP contribution in [0.5, 0.6) is 0 Å². The number of hydrogen-bond acceptors (Lipinski definition) is 2. The Balaban J connectivity index is 0.875. The van der Waals surface area contributed by atoms with Crippen LogP contribution in [0.4, 0.5) is 34.1 Å². The fraction of sp³-hybridized carbons (Fsp3) is 0.105. The van der Waals surface area contributed by atoms with Crippen LogP contribution < -0.4 is 9.80 Å². The van der Waals surface area contributed by atoms with Crippen LogP contribution in [0.15, 0.2) is 267 Å². The van der Waals surface area contributed by atoms with Gasteiger partial charge in [-0.3, -0.25) is 0 Å². The predicted molar refractivity (Wildman–Crippen MR) is 332 cm³/mol. The molecule has 0 amide bonds. The largest absolute Gasteiger partial charge is 0.310 e. The molecular formula is C76H58N2. The third-order valence-electron chi connectivity index (χ3n) is 17.9. The number of hydrogen-bond donors (Lipinski definition) is 0. The molecule has 12 aromatic carbocycles. The zero-order valence-corrected chi connectivity index (χ0v) is 44.5. The van der Waals surface area contributed by atoms with E-state index in [1.165, 1.54) is 104 Å². The average Bonchev–Trinajstić information content (AvgIpc) is 3.92. The van der Waals surface area contributed by atoms with Gasteiger partial charge in [-0.25, -0.2) is 0 Å². The lowest BCUT2D eigenvalue weighted by Gasteiger charge is -2.30. The molecule has 0 aromatic heterocycles. The highest BCUT2D eigenvalue weighted by molar-refractivity contribution is 6.32. The number of benzene rings is 12. The van der Waals surface area contributed by atoms with Gasteiger partial charge in [0, 0.05) is 45.5 Å². The lowest BCUT2D eigenvalue weighted by atomic mass is 9.74. The van der Waals surface area contributed by atoms with E-state index in [1.807, 2.05) is 0 Å². The van der Waals surface area contributed by atoms with E-state index in [1.54, 1.807) is 0 Å². The van der Waals surface area contributed by atoms with Crippen molar-refractivity contribution in [2.75, 3.05) is 9.80 Å². The van der Waals surface area contributed by atoms with E-state index in [0.29, 0.717) is 11.8 Å². The molecule has 12 aromatic rings. The molecule has 372 valence electrons. The molecule has 2 atom stereocenters. The summed E-state index contributed by atoms with van der Waals surface area (Å²) < 4.78 is 0. The summed E-state index contributed by atoms with van der Waals surface area (Å²) in [6, 6.07) is 90.8. The first-order valence-electron chi connectivity index (χ1n) is 27.7. The maximum absolute atomic E-state index is 2.48. The van der Waals surface area contributed by atoms with Crippen LogP contribution in [0.25, 0.3) is 76.5 Å². The first-order chi connectivity index (χ1) is 38.2. The fourth-order valence-corrected chi connectivity index (χ4v) is 13.9. The molecule has 78 heavy (non-hydrogen) atoms. The Morgan fingerprint density at radius 1 is 0.321 bits per heavy atom. The quantitative estimate of drug-likeness (QED) is 0.140. The summed E-state index contributed by atoms with van der Waals surface area (Å²) >= 11 is 0. The summed E-state index contributed by atoms with van der Waals surface area (Å²) in [6.07, 6.45) is 9.27. The number of rotatable bonds is 8. The Kier molecular flexibility index (Phi) is 10.4. The first-order valence-corrected chi connectivity index (χ1v) is 27.7. The van der Waals surface area contributed by atoms with Crippen LogP contribution in [-0.4, -0.2) is 0 Å². The van der Waals surface area contributed by atoms with E-state index in [-0.39, 0.29) is 10.8 Å². The highest BCUT2D eigenvalue weighted by atomic mass is 15.1. The maximum atomic E-state index is 2.48. The minimum atomic E-state index is -0.127. The van der Waals surface area contributed by atoms with Gasteiger partial charge in [-0.15, -0.1) is 0 Å². The molecule has 0 radical (unpaired) electrons. The molecule has 0 saturated heterocycles. The fourth-order valence-electron chi connectivity index (χ4n) is 13.9. The Morgan fingerprint density at radius 3 is 1.49 bits per heavy atom. The van der Waals surface area contributed by atoms with Crippen molar-refractivity contribution >= 4 is 77.2 Å². The van der Waals surface area contributed by atoms with Crippen molar-refractivity contribution in [1.82, 2.24) is 0 Å². The van der Waals surface area contributed by atoms with E-state index in [9.17, 15) is 0 Å². The van der Waals surface area contributed by atoms with Crippen molar-refractivity contribution in [2.45, 2.75) is 44.4 Å². The molecule has 2 nitrogen and oxygen atoms in total. The summed E-state index contributed by atoms with van der Waals surface area (Å²) in [5.74, 6) is 0.824. The summed E-state index contributed by atoms with van der Waals surface area (Å²) in [7, 11) is 0. The van der Waals surface area contributed by atoms with Gasteiger partial charge in [-0.2, -0.15) is 0 Å². The van der Waals surface area contributed by atoms with Crippen molar-refractivity contribution in [3.05, 3.63) is 289 Å². The maximum Gasteiger partial charge on any atom is 0.0468 e. The van der Waals surface area contributed by atoms with Crippen molar-refractivity contribution in [3.63, 3.8) is 0 Å². The third kappa shape index (κ3) is 7.16. The Morgan fingerprint density at radius 2 is 0.795 bits per heavy atom. The van der Waals surface area contributed by atoms with E-state index in [0.717, 1.165) is 28.4 Å². The third-order valence-corrected chi connectivity index (χ3v) is 17.9. The number of anilines is 6. The van der Waals surface area contributed by atoms with Gasteiger partial charge in [-0.05, 0) is 183 Å². The Labute approximate surface area is 457 Å². The summed E-state index contributed by atoms with van der Waals surface area (Å²) in [6.45, 7) is 9.59. The minimum Gasteiger partial charge on any atom is -0.310 e.